The van der Waals surface area contributed by atoms with E-state index in [0.29, 0.717) is 0 Å². The molecule has 12 nitrogen and oxygen atoms in total. The minimum absolute atomic E-state index is 0.0449. The molecule has 0 saturated heterocycles. The third-order valence-electron chi connectivity index (χ3n) is 4.21. The summed E-state index contributed by atoms with van der Waals surface area (Å²) in [6.07, 6.45) is 7.80. The van der Waals surface area contributed by atoms with Crippen molar-refractivity contribution in [3.05, 3.63) is 0 Å². The summed E-state index contributed by atoms with van der Waals surface area (Å²) in [5.74, 6) is 0. The normalized spacial score (nSPS) is 13.0. The van der Waals surface area contributed by atoms with Gasteiger partial charge in [0.2, 0.25) is 0 Å². The Bertz CT molecular complexity index is 283. The van der Waals surface area contributed by atoms with E-state index in [1.165, 1.54) is 0 Å². The van der Waals surface area contributed by atoms with Crippen LogP contribution < -0.4 is 34.4 Å². The van der Waals surface area contributed by atoms with Crippen molar-refractivity contribution < 1.29 is 30.6 Å². The Balaban J connectivity index is -0.000000172. The predicted octanol–water partition coefficient (Wildman–Crippen LogP) is -3.36. The molecule has 0 bridgehead atoms. The molecule has 0 saturated carbocycles. The summed E-state index contributed by atoms with van der Waals surface area (Å²) in [7, 11) is 0. The minimum atomic E-state index is -0.954. The zero-order valence-electron chi connectivity index (χ0n) is 20.5. The third-order valence-corrected chi connectivity index (χ3v) is 4.21. The molecule has 0 rings (SSSR count). The van der Waals surface area contributed by atoms with E-state index >= 15 is 0 Å². The van der Waals surface area contributed by atoms with Crippen molar-refractivity contribution in [1.82, 2.24) is 0 Å². The standard InChI is InChI=1S/3C6H16N2O.C3H8O3/c3*7-4-2-1-3-6(8)5-9;4-1-3(6)2-5/h3*6,9H,1-5,7-8H2;3-6H,1-2H2/t3*6-;/m000./s1. The van der Waals surface area contributed by atoms with E-state index in [-0.39, 0.29) is 51.2 Å². The zero-order valence-corrected chi connectivity index (χ0v) is 20.5. The van der Waals surface area contributed by atoms with Gasteiger partial charge in [-0.3, -0.25) is 0 Å². The number of hydrogen-bond donors (Lipinski definition) is 12. The summed E-state index contributed by atoms with van der Waals surface area (Å²) >= 11 is 0. The SMILES string of the molecule is NCCCC[C@H](N)CO.NCCCC[C@H](N)CO.NCCCC[C@H](N)CO.OCC(O)CO. The van der Waals surface area contributed by atoms with Gasteiger partial charge in [0.15, 0.2) is 0 Å². The Morgan fingerprint density at radius 3 is 0.788 bits per heavy atom. The van der Waals surface area contributed by atoms with Gasteiger partial charge in [-0.25, -0.2) is 0 Å². The Kier molecular flexibility index (Phi) is 43.4. The molecular weight excluding hydrogens is 432 g/mol. The molecule has 0 spiro atoms. The molecule has 0 fully saturated rings. The van der Waals surface area contributed by atoms with Gasteiger partial charge in [0.25, 0.3) is 0 Å². The van der Waals surface area contributed by atoms with Crippen LogP contribution in [-0.2, 0) is 0 Å². The molecule has 0 aliphatic rings. The first-order valence-corrected chi connectivity index (χ1v) is 11.8. The second-order valence-electron chi connectivity index (χ2n) is 7.70. The van der Waals surface area contributed by atoms with Crippen LogP contribution >= 0.6 is 0 Å². The van der Waals surface area contributed by atoms with Gasteiger partial charge in [-0.05, 0) is 58.2 Å². The van der Waals surface area contributed by atoms with Crippen LogP contribution in [0, 0.1) is 0 Å². The molecular formula is C21H56N6O6. The molecule has 33 heavy (non-hydrogen) atoms. The maximum atomic E-state index is 8.48. The molecule has 18 N–H and O–H groups in total. The number of nitrogens with two attached hydrogens (primary N) is 6. The highest BCUT2D eigenvalue weighted by atomic mass is 16.3. The van der Waals surface area contributed by atoms with Crippen molar-refractivity contribution in [1.29, 1.82) is 0 Å². The molecule has 0 aliphatic heterocycles. The Hall–Kier alpha value is -0.480. The topological polar surface area (TPSA) is 278 Å². The Labute approximate surface area is 200 Å². The Morgan fingerprint density at radius 2 is 0.667 bits per heavy atom. The van der Waals surface area contributed by atoms with Crippen molar-refractivity contribution in [2.24, 2.45) is 34.4 Å². The van der Waals surface area contributed by atoms with Crippen LogP contribution in [0.5, 0.6) is 0 Å². The fraction of sp³-hybridized carbons (Fsp3) is 1.00. The Morgan fingerprint density at radius 1 is 0.424 bits per heavy atom. The average molecular weight is 489 g/mol. The van der Waals surface area contributed by atoms with E-state index in [1.54, 1.807) is 0 Å². The van der Waals surface area contributed by atoms with Gasteiger partial charge in [0, 0.05) is 18.1 Å². The van der Waals surface area contributed by atoms with Crippen LogP contribution in [0.2, 0.25) is 0 Å². The highest BCUT2D eigenvalue weighted by Crippen LogP contribution is 1.97. The first-order chi connectivity index (χ1) is 15.7. The van der Waals surface area contributed by atoms with Crippen LogP contribution in [0.25, 0.3) is 0 Å². The van der Waals surface area contributed by atoms with Crippen LogP contribution in [0.3, 0.4) is 0 Å². The molecule has 0 radical (unpaired) electrons. The van der Waals surface area contributed by atoms with Gasteiger partial charge in [0.1, 0.15) is 6.10 Å². The lowest BCUT2D eigenvalue weighted by atomic mass is 10.1. The second kappa shape index (κ2) is 36.1. The quantitative estimate of drug-likeness (QED) is 0.0894. The maximum absolute atomic E-state index is 8.48. The highest BCUT2D eigenvalue weighted by molar-refractivity contribution is 4.59. The summed E-state index contributed by atoms with van der Waals surface area (Å²) < 4.78 is 0. The molecule has 12 heteroatoms. The van der Waals surface area contributed by atoms with Gasteiger partial charge in [-0.1, -0.05) is 19.3 Å². The first kappa shape index (κ1) is 39.7. The molecule has 0 aliphatic carbocycles. The van der Waals surface area contributed by atoms with Crippen molar-refractivity contribution >= 4 is 0 Å². The van der Waals surface area contributed by atoms with E-state index < -0.39 is 6.10 Å². The number of aliphatic hydroxyl groups excluding tert-OH is 6. The molecule has 0 amide bonds. The molecule has 0 aromatic rings. The number of rotatable bonds is 17. The highest BCUT2D eigenvalue weighted by Gasteiger charge is 1.98. The molecule has 206 valence electrons. The van der Waals surface area contributed by atoms with Crippen LogP contribution in [0.4, 0.5) is 0 Å². The summed E-state index contributed by atoms with van der Waals surface area (Å²) in [5.41, 5.74) is 32.0. The predicted molar refractivity (Wildman–Crippen MR) is 134 cm³/mol. The van der Waals surface area contributed by atoms with Crippen molar-refractivity contribution in [3.8, 4) is 0 Å². The van der Waals surface area contributed by atoms with E-state index in [1.807, 2.05) is 0 Å². The number of hydrogen-bond acceptors (Lipinski definition) is 12. The van der Waals surface area contributed by atoms with Gasteiger partial charge < -0.3 is 65.0 Å². The largest absolute Gasteiger partial charge is 0.395 e. The zero-order chi connectivity index (χ0) is 26.3. The minimum Gasteiger partial charge on any atom is -0.395 e. The smallest absolute Gasteiger partial charge is 0.100 e. The summed E-state index contributed by atoms with van der Waals surface area (Å²) in [6.45, 7) is 1.70. The van der Waals surface area contributed by atoms with Gasteiger partial charge >= 0.3 is 0 Å². The van der Waals surface area contributed by atoms with Crippen molar-refractivity contribution in [2.45, 2.75) is 82.0 Å². The van der Waals surface area contributed by atoms with E-state index in [2.05, 4.69) is 0 Å². The maximum Gasteiger partial charge on any atom is 0.100 e. The lowest BCUT2D eigenvalue weighted by Gasteiger charge is -2.05. The summed E-state index contributed by atoms with van der Waals surface area (Å²) in [5, 5.41) is 49.4. The van der Waals surface area contributed by atoms with E-state index in [0.717, 1.165) is 77.4 Å². The molecule has 0 unspecified atom stereocenters. The van der Waals surface area contributed by atoms with E-state index in [4.69, 9.17) is 65.0 Å². The molecule has 0 aromatic heterocycles. The lowest BCUT2D eigenvalue weighted by molar-refractivity contribution is 0.0450. The van der Waals surface area contributed by atoms with Gasteiger partial charge in [-0.15, -0.1) is 0 Å². The van der Waals surface area contributed by atoms with Crippen LogP contribution in [0.15, 0.2) is 0 Å². The monoisotopic (exact) mass is 488 g/mol. The van der Waals surface area contributed by atoms with Gasteiger partial charge in [0.05, 0.1) is 33.0 Å². The number of aliphatic hydroxyl groups is 6. The second-order valence-corrected chi connectivity index (χ2v) is 7.70. The number of unbranched alkanes of at least 4 members (excludes halogenated alkanes) is 3. The molecule has 0 aromatic carbocycles. The van der Waals surface area contributed by atoms with Crippen molar-refractivity contribution in [2.75, 3.05) is 52.7 Å². The summed E-state index contributed by atoms with van der Waals surface area (Å²) in [4.78, 5) is 0. The average Bonchev–Trinajstić information content (AvgIpc) is 2.84. The fourth-order valence-electron chi connectivity index (χ4n) is 1.98. The van der Waals surface area contributed by atoms with Crippen LogP contribution in [0.1, 0.15) is 57.8 Å². The van der Waals surface area contributed by atoms with Gasteiger partial charge in [-0.2, -0.15) is 0 Å². The molecule has 0 heterocycles. The fourth-order valence-corrected chi connectivity index (χ4v) is 1.98. The lowest BCUT2D eigenvalue weighted by Crippen LogP contribution is -2.24. The van der Waals surface area contributed by atoms with Crippen LogP contribution in [-0.4, -0.2) is 108 Å². The summed E-state index contributed by atoms with van der Waals surface area (Å²) in [6, 6.07) is -0.135. The first-order valence-electron chi connectivity index (χ1n) is 11.8. The molecule has 3 atom stereocenters. The third kappa shape index (κ3) is 45.7. The van der Waals surface area contributed by atoms with Crippen molar-refractivity contribution in [3.63, 3.8) is 0 Å². The van der Waals surface area contributed by atoms with E-state index in [9.17, 15) is 0 Å².